The van der Waals surface area contributed by atoms with E-state index < -0.39 is 12.2 Å². The molecule has 3 aromatic rings. The van der Waals surface area contributed by atoms with Crippen molar-refractivity contribution in [3.8, 4) is 11.4 Å². The maximum Gasteiger partial charge on any atom is 0.321 e. The number of hydrogen-bond acceptors (Lipinski definition) is 6. The van der Waals surface area contributed by atoms with Crippen LogP contribution in [0.5, 0.6) is 0 Å². The van der Waals surface area contributed by atoms with Gasteiger partial charge in [0.2, 0.25) is 12.0 Å². The van der Waals surface area contributed by atoms with Crippen LogP contribution in [0.1, 0.15) is 44.6 Å². The summed E-state index contributed by atoms with van der Waals surface area (Å²) in [4.78, 5) is 33.2. The number of amides is 3. The Morgan fingerprint density at radius 3 is 2.74 bits per heavy atom. The standard InChI is InChI=1S/C25H28N8O2/c1-2-14-33-20-13-6-5-12-19(20)21(16-8-3-4-9-16)27-23(24(33)34)28-25(35)26-18-11-7-10-17(15-18)22-29-31-32-30-22/h5-7,10-13,15-16,23H,2-4,8-9,14H2,1H3,(H2,26,28,35)(H,29,30,31,32)/t23-/m0/s1. The number of nitrogens with one attached hydrogen (secondary N) is 3. The Labute approximate surface area is 203 Å². The molecule has 0 saturated heterocycles. The molecule has 0 unspecified atom stereocenters. The van der Waals surface area contributed by atoms with Crippen LogP contribution in [-0.2, 0) is 4.79 Å². The molecule has 2 aliphatic rings. The second-order valence-corrected chi connectivity index (χ2v) is 8.82. The van der Waals surface area contributed by atoms with Gasteiger partial charge in [0.05, 0.1) is 11.4 Å². The third-order valence-corrected chi connectivity index (χ3v) is 6.42. The lowest BCUT2D eigenvalue weighted by Crippen LogP contribution is -2.48. The minimum absolute atomic E-state index is 0.233. The first-order chi connectivity index (χ1) is 17.1. The van der Waals surface area contributed by atoms with Crippen LogP contribution < -0.4 is 15.5 Å². The van der Waals surface area contributed by atoms with Gasteiger partial charge in [-0.3, -0.25) is 9.79 Å². The highest BCUT2D eigenvalue weighted by atomic mass is 16.2. The van der Waals surface area contributed by atoms with Crippen LogP contribution in [-0.4, -0.2) is 51.0 Å². The van der Waals surface area contributed by atoms with Crippen LogP contribution in [0.4, 0.5) is 16.2 Å². The molecule has 0 bridgehead atoms. The van der Waals surface area contributed by atoms with Gasteiger partial charge in [-0.05, 0) is 42.7 Å². The normalized spacial score (nSPS) is 18.1. The summed E-state index contributed by atoms with van der Waals surface area (Å²) in [5, 5.41) is 19.5. The first-order valence-electron chi connectivity index (χ1n) is 12.0. The van der Waals surface area contributed by atoms with Crippen molar-refractivity contribution in [3.63, 3.8) is 0 Å². The Morgan fingerprint density at radius 2 is 1.97 bits per heavy atom. The van der Waals surface area contributed by atoms with Crippen molar-refractivity contribution in [2.75, 3.05) is 16.8 Å². The molecule has 1 saturated carbocycles. The van der Waals surface area contributed by atoms with Gasteiger partial charge in [0, 0.05) is 29.3 Å². The largest absolute Gasteiger partial charge is 0.321 e. The molecule has 1 atom stereocenters. The molecule has 1 aromatic heterocycles. The van der Waals surface area contributed by atoms with Gasteiger partial charge in [-0.25, -0.2) is 4.79 Å². The molecular weight excluding hydrogens is 444 g/mol. The number of fused-ring (bicyclic) bond motifs is 1. The van der Waals surface area contributed by atoms with Crippen LogP contribution in [0.25, 0.3) is 11.4 Å². The molecule has 3 amide bonds. The smallest absolute Gasteiger partial charge is 0.308 e. The van der Waals surface area contributed by atoms with E-state index in [4.69, 9.17) is 4.99 Å². The van der Waals surface area contributed by atoms with Crippen molar-refractivity contribution in [1.29, 1.82) is 0 Å². The highest BCUT2D eigenvalue weighted by Crippen LogP contribution is 2.34. The van der Waals surface area contributed by atoms with Crippen molar-refractivity contribution in [3.05, 3.63) is 54.1 Å². The van der Waals surface area contributed by atoms with Gasteiger partial charge >= 0.3 is 6.03 Å². The molecule has 3 N–H and O–H groups in total. The summed E-state index contributed by atoms with van der Waals surface area (Å²) in [6.45, 7) is 2.58. The zero-order chi connectivity index (χ0) is 24.2. The third-order valence-electron chi connectivity index (χ3n) is 6.42. The average Bonchev–Trinajstić information content (AvgIpc) is 3.58. The van der Waals surface area contributed by atoms with E-state index in [0.29, 0.717) is 23.6 Å². The summed E-state index contributed by atoms with van der Waals surface area (Å²) in [5.74, 6) is 0.472. The van der Waals surface area contributed by atoms with Gasteiger partial charge in [0.25, 0.3) is 5.91 Å². The van der Waals surface area contributed by atoms with Gasteiger partial charge in [0.1, 0.15) is 0 Å². The van der Waals surface area contributed by atoms with Gasteiger partial charge < -0.3 is 15.5 Å². The van der Waals surface area contributed by atoms with E-state index in [1.807, 2.05) is 37.3 Å². The number of tetrazole rings is 1. The molecule has 2 heterocycles. The van der Waals surface area contributed by atoms with Crippen molar-refractivity contribution >= 4 is 29.0 Å². The topological polar surface area (TPSA) is 128 Å². The van der Waals surface area contributed by atoms with E-state index in [1.54, 1.807) is 23.1 Å². The van der Waals surface area contributed by atoms with Crippen molar-refractivity contribution in [2.24, 2.45) is 10.9 Å². The quantitative estimate of drug-likeness (QED) is 0.503. The van der Waals surface area contributed by atoms with Gasteiger partial charge in [-0.15, -0.1) is 10.2 Å². The number of aliphatic imine (C=N–C) groups is 1. The number of aromatic nitrogens is 4. The molecule has 1 aliphatic carbocycles. The minimum atomic E-state index is -1.01. The lowest BCUT2D eigenvalue weighted by molar-refractivity contribution is -0.120. The molecule has 2 aromatic carbocycles. The number of aromatic amines is 1. The Morgan fingerprint density at radius 1 is 1.14 bits per heavy atom. The summed E-state index contributed by atoms with van der Waals surface area (Å²) >= 11 is 0. The van der Waals surface area contributed by atoms with E-state index in [1.165, 1.54) is 0 Å². The van der Waals surface area contributed by atoms with Gasteiger partial charge in [-0.1, -0.05) is 50.1 Å². The Hall–Kier alpha value is -4.08. The molecule has 0 radical (unpaired) electrons. The number of nitrogens with zero attached hydrogens (tertiary/aromatic N) is 5. The third kappa shape index (κ3) is 4.77. The van der Waals surface area contributed by atoms with E-state index >= 15 is 0 Å². The summed E-state index contributed by atoms with van der Waals surface area (Å²) in [6, 6.07) is 14.5. The predicted octanol–water partition coefficient (Wildman–Crippen LogP) is 3.75. The van der Waals surface area contributed by atoms with Gasteiger partial charge in [-0.2, -0.15) is 5.21 Å². The molecule has 35 heavy (non-hydrogen) atoms. The number of benzodiazepines with no additional fused rings is 1. The number of urea groups is 1. The average molecular weight is 473 g/mol. The zero-order valence-electron chi connectivity index (χ0n) is 19.6. The molecule has 5 rings (SSSR count). The zero-order valence-corrected chi connectivity index (χ0v) is 19.6. The molecular formula is C25H28N8O2. The molecule has 1 aliphatic heterocycles. The van der Waals surface area contributed by atoms with Crippen LogP contribution >= 0.6 is 0 Å². The summed E-state index contributed by atoms with van der Waals surface area (Å²) in [6.07, 6.45) is 4.15. The maximum absolute atomic E-state index is 13.6. The predicted molar refractivity (Wildman–Crippen MR) is 133 cm³/mol. The maximum atomic E-state index is 13.6. The van der Waals surface area contributed by atoms with E-state index in [0.717, 1.165) is 49.1 Å². The molecule has 1 fully saturated rings. The fourth-order valence-corrected chi connectivity index (χ4v) is 4.84. The second kappa shape index (κ2) is 10.0. The monoisotopic (exact) mass is 472 g/mol. The first-order valence-corrected chi connectivity index (χ1v) is 12.0. The Bertz CT molecular complexity index is 1230. The first kappa shape index (κ1) is 22.7. The Kier molecular flexibility index (Phi) is 6.51. The second-order valence-electron chi connectivity index (χ2n) is 8.82. The SMILES string of the molecule is CCCN1C(=O)[C@H](NC(=O)Nc2cccc(-c3nn[nH]n3)c2)N=C(C2CCCC2)c2ccccc21. The molecule has 10 nitrogen and oxygen atoms in total. The number of benzene rings is 2. The van der Waals surface area contributed by atoms with Crippen molar-refractivity contribution < 1.29 is 9.59 Å². The lowest BCUT2D eigenvalue weighted by atomic mass is 9.94. The molecule has 0 spiro atoms. The number of carbonyl (C=O) groups excluding carboxylic acids is 2. The number of H-pyrrole nitrogens is 1. The van der Waals surface area contributed by atoms with Gasteiger partial charge in [0.15, 0.2) is 0 Å². The molecule has 180 valence electrons. The van der Waals surface area contributed by atoms with Crippen molar-refractivity contribution in [1.82, 2.24) is 25.9 Å². The summed E-state index contributed by atoms with van der Waals surface area (Å²) in [7, 11) is 0. The van der Waals surface area contributed by atoms with Crippen LogP contribution in [0.2, 0.25) is 0 Å². The fourth-order valence-electron chi connectivity index (χ4n) is 4.84. The number of rotatable bonds is 6. The highest BCUT2D eigenvalue weighted by molar-refractivity contribution is 6.14. The lowest BCUT2D eigenvalue weighted by Gasteiger charge is -2.25. The highest BCUT2D eigenvalue weighted by Gasteiger charge is 2.35. The van der Waals surface area contributed by atoms with E-state index in [2.05, 4.69) is 31.3 Å². The van der Waals surface area contributed by atoms with Crippen LogP contribution in [0.3, 0.4) is 0 Å². The van der Waals surface area contributed by atoms with E-state index in [-0.39, 0.29) is 11.8 Å². The van der Waals surface area contributed by atoms with Crippen LogP contribution in [0.15, 0.2) is 53.5 Å². The van der Waals surface area contributed by atoms with E-state index in [9.17, 15) is 9.59 Å². The summed E-state index contributed by atoms with van der Waals surface area (Å²) in [5.41, 5.74) is 4.00. The fraction of sp³-hybridized carbons (Fsp3) is 0.360. The number of anilines is 2. The van der Waals surface area contributed by atoms with Crippen molar-refractivity contribution in [2.45, 2.75) is 45.2 Å². The van der Waals surface area contributed by atoms with Crippen LogP contribution in [0, 0.1) is 5.92 Å². The Balaban J connectivity index is 1.42. The summed E-state index contributed by atoms with van der Waals surface area (Å²) < 4.78 is 0. The molecule has 10 heteroatoms. The number of hydrogen-bond donors (Lipinski definition) is 3. The minimum Gasteiger partial charge on any atom is -0.308 e. The number of para-hydroxylation sites is 1. The number of carbonyl (C=O) groups is 2.